The molecule has 0 fully saturated rings. The molecule has 2 nitrogen and oxygen atoms in total. The lowest BCUT2D eigenvalue weighted by atomic mass is 9.34. The minimum Gasteiger partial charge on any atom is -0.329 e. The molecule has 1 aliphatic heterocycles. The number of aryl methyl sites for hydroxylation is 7. The third-order valence-corrected chi connectivity index (χ3v) is 8.19. The van der Waals surface area contributed by atoms with Gasteiger partial charge in [0.1, 0.15) is 0 Å². The van der Waals surface area contributed by atoms with Crippen LogP contribution in [0.1, 0.15) is 57.3 Å². The molecule has 0 saturated heterocycles. The van der Waals surface area contributed by atoms with Crippen molar-refractivity contribution in [3.8, 4) is 0 Å². The molecule has 0 spiro atoms. The van der Waals surface area contributed by atoms with Crippen LogP contribution in [0.25, 0.3) is 5.57 Å². The fraction of sp³-hybridized carbons (Fsp3) is 0.229. The maximum atomic E-state index is 14.2. The van der Waals surface area contributed by atoms with Crippen LogP contribution in [-0.2, 0) is 0 Å². The second-order valence-electron chi connectivity index (χ2n) is 11.5. The van der Waals surface area contributed by atoms with E-state index in [4.69, 9.17) is 4.99 Å². The number of aliphatic imine (C=N–C) groups is 1. The predicted octanol–water partition coefficient (Wildman–Crippen LogP) is 6.73. The average Bonchev–Trinajstić information content (AvgIpc) is 3.48. The van der Waals surface area contributed by atoms with Gasteiger partial charge in [-0.2, -0.15) is 0 Å². The van der Waals surface area contributed by atoms with Crippen LogP contribution in [-0.4, -0.2) is 24.3 Å². The summed E-state index contributed by atoms with van der Waals surface area (Å²) in [6.45, 7) is 16.8. The molecule has 6 heteroatoms. The standard InChI is InChI=1S/C35H36B2F2N2/c1-21-17-23(3)34(24(4)18-21)36(35-25(5)19-22(2)20-26(35)6)30-13-11-29(12-14-30)33(31-15-9-27(7)40-31)32-16-10-28(8)41(32)37(38)39/h9-20H,1-8H3/b33-31+. The number of allylic oxidation sites excluding steroid dienone is 2. The minimum absolute atomic E-state index is 0.0418. The lowest BCUT2D eigenvalue weighted by molar-refractivity contribution is 0.624. The van der Waals surface area contributed by atoms with E-state index in [0.29, 0.717) is 22.7 Å². The van der Waals surface area contributed by atoms with Crippen molar-refractivity contribution in [3.63, 3.8) is 0 Å². The number of hydrogen-bond donors (Lipinski definition) is 0. The molecule has 0 bridgehead atoms. The topological polar surface area (TPSA) is 17.3 Å². The van der Waals surface area contributed by atoms with E-state index in [1.807, 2.05) is 19.1 Å². The van der Waals surface area contributed by atoms with Crippen LogP contribution in [0.3, 0.4) is 0 Å². The quantitative estimate of drug-likeness (QED) is 0.240. The van der Waals surface area contributed by atoms with E-state index < -0.39 is 7.40 Å². The number of halogens is 2. The number of benzene rings is 3. The summed E-state index contributed by atoms with van der Waals surface area (Å²) in [5.41, 5.74) is 15.5. The molecule has 206 valence electrons. The molecular weight excluding hydrogens is 508 g/mol. The molecule has 0 amide bonds. The van der Waals surface area contributed by atoms with Crippen molar-refractivity contribution in [2.45, 2.75) is 55.4 Å². The van der Waals surface area contributed by atoms with Crippen LogP contribution in [0.5, 0.6) is 0 Å². The van der Waals surface area contributed by atoms with Crippen molar-refractivity contribution < 1.29 is 8.63 Å². The maximum absolute atomic E-state index is 14.2. The zero-order valence-corrected chi connectivity index (χ0v) is 25.2. The molecule has 1 aromatic heterocycles. The highest BCUT2D eigenvalue weighted by atomic mass is 19.2. The molecule has 1 aliphatic rings. The first kappa shape index (κ1) is 28.6. The second kappa shape index (κ2) is 11.2. The van der Waals surface area contributed by atoms with Crippen molar-refractivity contribution in [1.29, 1.82) is 0 Å². The first-order valence-electron chi connectivity index (χ1n) is 14.2. The van der Waals surface area contributed by atoms with E-state index in [1.54, 1.807) is 19.1 Å². The fourth-order valence-corrected chi connectivity index (χ4v) is 6.66. The first-order valence-corrected chi connectivity index (χ1v) is 14.2. The largest absolute Gasteiger partial charge is 0.677 e. The summed E-state index contributed by atoms with van der Waals surface area (Å²) in [4.78, 5) is 4.69. The summed E-state index contributed by atoms with van der Waals surface area (Å²) in [6, 6.07) is 21.0. The molecule has 0 unspecified atom stereocenters. The van der Waals surface area contributed by atoms with Crippen LogP contribution >= 0.6 is 0 Å². The van der Waals surface area contributed by atoms with Gasteiger partial charge in [0, 0.05) is 22.7 Å². The van der Waals surface area contributed by atoms with Gasteiger partial charge in [-0.25, -0.2) is 0 Å². The number of hydrogen-bond acceptors (Lipinski definition) is 1. The van der Waals surface area contributed by atoms with Crippen LogP contribution < -0.4 is 16.4 Å². The summed E-state index contributed by atoms with van der Waals surface area (Å²) >= 11 is 0. The van der Waals surface area contributed by atoms with Gasteiger partial charge >= 0.3 is 7.40 Å². The van der Waals surface area contributed by atoms with Crippen molar-refractivity contribution in [2.75, 3.05) is 0 Å². The minimum atomic E-state index is -2.64. The van der Waals surface area contributed by atoms with Crippen LogP contribution in [0.15, 0.2) is 83.5 Å². The lowest BCUT2D eigenvalue weighted by Crippen LogP contribution is -2.55. The Morgan fingerprint density at radius 3 is 1.61 bits per heavy atom. The molecule has 2 heterocycles. The second-order valence-corrected chi connectivity index (χ2v) is 11.5. The highest BCUT2D eigenvalue weighted by Gasteiger charge is 2.30. The zero-order valence-electron chi connectivity index (χ0n) is 25.2. The van der Waals surface area contributed by atoms with Gasteiger partial charge in [-0.1, -0.05) is 98.3 Å². The SMILES string of the molecule is CC1=N/C(=C(\c2ccc(B(c3c(C)cc(C)cc3C)c3c(C)cc(C)cc3C)cc2)c2ccc(C)n2B(F)F)C=C1. The van der Waals surface area contributed by atoms with Gasteiger partial charge in [-0.15, -0.1) is 0 Å². The van der Waals surface area contributed by atoms with E-state index in [0.717, 1.165) is 15.8 Å². The Bertz CT molecular complexity index is 1640. The van der Waals surface area contributed by atoms with E-state index in [1.165, 1.54) is 49.8 Å². The van der Waals surface area contributed by atoms with E-state index in [9.17, 15) is 8.63 Å². The van der Waals surface area contributed by atoms with Gasteiger partial charge in [-0.05, 0) is 85.2 Å². The van der Waals surface area contributed by atoms with E-state index in [2.05, 4.69) is 90.1 Å². The summed E-state index contributed by atoms with van der Waals surface area (Å²) < 4.78 is 29.5. The summed E-state index contributed by atoms with van der Waals surface area (Å²) in [6.07, 6.45) is 3.84. The number of aromatic nitrogens is 1. The Kier molecular flexibility index (Phi) is 7.78. The summed E-state index contributed by atoms with van der Waals surface area (Å²) in [7, 11) is -2.64. The fourth-order valence-electron chi connectivity index (χ4n) is 6.66. The maximum Gasteiger partial charge on any atom is 0.677 e. The highest BCUT2D eigenvalue weighted by molar-refractivity contribution is 6.96. The van der Waals surface area contributed by atoms with Gasteiger partial charge in [0.2, 0.25) is 6.71 Å². The number of rotatable bonds is 6. The highest BCUT2D eigenvalue weighted by Crippen LogP contribution is 2.32. The first-order chi connectivity index (χ1) is 19.5. The Hall–Kier alpha value is -3.92. The van der Waals surface area contributed by atoms with Gasteiger partial charge in [0.05, 0.1) is 5.70 Å². The van der Waals surface area contributed by atoms with Gasteiger partial charge in [-0.3, -0.25) is 13.6 Å². The molecule has 0 atom stereocenters. The van der Waals surface area contributed by atoms with Crippen molar-refractivity contribution in [1.82, 2.24) is 4.48 Å². The predicted molar refractivity (Wildman–Crippen MR) is 173 cm³/mol. The molecule has 4 aromatic rings. The van der Waals surface area contributed by atoms with Crippen LogP contribution in [0.4, 0.5) is 8.63 Å². The monoisotopic (exact) mass is 544 g/mol. The molecule has 0 N–H and O–H groups in total. The average molecular weight is 544 g/mol. The molecule has 5 rings (SSSR count). The normalized spacial score (nSPS) is 14.0. The summed E-state index contributed by atoms with van der Waals surface area (Å²) in [5, 5.41) is 0. The summed E-state index contributed by atoms with van der Waals surface area (Å²) in [5.74, 6) is 0. The Labute approximate surface area is 243 Å². The van der Waals surface area contributed by atoms with Crippen LogP contribution in [0, 0.1) is 48.5 Å². The lowest BCUT2D eigenvalue weighted by Gasteiger charge is -2.25. The van der Waals surface area contributed by atoms with Crippen molar-refractivity contribution >= 4 is 41.8 Å². The molecule has 41 heavy (non-hydrogen) atoms. The molecule has 0 radical (unpaired) electrons. The molecular formula is C35H36B2F2N2. The van der Waals surface area contributed by atoms with E-state index >= 15 is 0 Å². The third kappa shape index (κ3) is 5.40. The third-order valence-electron chi connectivity index (χ3n) is 8.19. The number of nitrogens with zero attached hydrogens (tertiary/aromatic N) is 2. The van der Waals surface area contributed by atoms with Crippen LogP contribution in [0.2, 0.25) is 0 Å². The van der Waals surface area contributed by atoms with Gasteiger partial charge in [0.25, 0.3) is 0 Å². The Morgan fingerprint density at radius 2 is 1.17 bits per heavy atom. The zero-order chi connectivity index (χ0) is 29.6. The van der Waals surface area contributed by atoms with Gasteiger partial charge in [0.15, 0.2) is 0 Å². The molecule has 0 saturated carbocycles. The Balaban J connectivity index is 1.72. The van der Waals surface area contributed by atoms with Gasteiger partial charge < -0.3 is 4.48 Å². The van der Waals surface area contributed by atoms with Crippen molar-refractivity contribution in [2.24, 2.45) is 4.99 Å². The smallest absolute Gasteiger partial charge is 0.329 e. The van der Waals surface area contributed by atoms with Crippen molar-refractivity contribution in [3.05, 3.63) is 129 Å². The Morgan fingerprint density at radius 1 is 0.659 bits per heavy atom. The molecule has 0 aliphatic carbocycles. The molecule has 3 aromatic carbocycles. The van der Waals surface area contributed by atoms with E-state index in [-0.39, 0.29) is 6.71 Å².